The van der Waals surface area contributed by atoms with E-state index in [-0.39, 0.29) is 17.9 Å². The molecule has 4 amide bonds. The molecule has 0 saturated heterocycles. The van der Waals surface area contributed by atoms with E-state index in [1.165, 1.54) is 4.90 Å². The predicted molar refractivity (Wildman–Crippen MR) is 112 cm³/mol. The van der Waals surface area contributed by atoms with Gasteiger partial charge < -0.3 is 10.6 Å². The molecule has 2 aromatic rings. The number of nitrogens with zero attached hydrogens (tertiary/aromatic N) is 1. The zero-order chi connectivity index (χ0) is 20.5. The third kappa shape index (κ3) is 3.75. The Morgan fingerprint density at radius 1 is 0.897 bits per heavy atom. The van der Waals surface area contributed by atoms with Crippen LogP contribution in [0, 0.1) is 13.8 Å². The van der Waals surface area contributed by atoms with Crippen LogP contribution < -0.4 is 10.6 Å². The molecule has 4 rings (SSSR count). The first-order valence-electron chi connectivity index (χ1n) is 10.1. The van der Waals surface area contributed by atoms with Crippen LogP contribution in [-0.4, -0.2) is 28.8 Å². The first-order valence-corrected chi connectivity index (χ1v) is 10.1. The third-order valence-corrected chi connectivity index (χ3v) is 5.75. The normalized spacial score (nSPS) is 16.7. The number of imide groups is 1. The molecule has 2 aliphatic rings. The maximum absolute atomic E-state index is 12.9. The van der Waals surface area contributed by atoms with Gasteiger partial charge in [-0.2, -0.15) is 0 Å². The number of aryl methyl sites for hydroxylation is 2. The van der Waals surface area contributed by atoms with Gasteiger partial charge in [0.2, 0.25) is 0 Å². The van der Waals surface area contributed by atoms with Crippen molar-refractivity contribution in [3.63, 3.8) is 0 Å². The van der Waals surface area contributed by atoms with E-state index in [1.54, 1.807) is 18.2 Å². The number of fused-ring (bicyclic) bond motifs is 1. The molecule has 6 heteroatoms. The number of hydrogen-bond donors (Lipinski definition) is 2. The summed E-state index contributed by atoms with van der Waals surface area (Å²) >= 11 is 0. The summed E-state index contributed by atoms with van der Waals surface area (Å²) in [5.74, 6) is -0.474. The van der Waals surface area contributed by atoms with Gasteiger partial charge in [-0.05, 0) is 56.5 Å². The van der Waals surface area contributed by atoms with Gasteiger partial charge in [0.25, 0.3) is 11.8 Å². The maximum Gasteiger partial charge on any atom is 0.323 e. The molecule has 1 heterocycles. The van der Waals surface area contributed by atoms with Gasteiger partial charge in [0.1, 0.15) is 0 Å². The number of carbonyl (C=O) groups is 3. The van der Waals surface area contributed by atoms with E-state index in [4.69, 9.17) is 0 Å². The second-order valence-electron chi connectivity index (χ2n) is 7.93. The molecule has 1 aliphatic heterocycles. The van der Waals surface area contributed by atoms with Crippen molar-refractivity contribution in [1.82, 2.24) is 4.90 Å². The van der Waals surface area contributed by atoms with Crippen molar-refractivity contribution in [2.24, 2.45) is 0 Å². The van der Waals surface area contributed by atoms with E-state index in [9.17, 15) is 14.4 Å². The van der Waals surface area contributed by atoms with Crippen molar-refractivity contribution < 1.29 is 14.4 Å². The van der Waals surface area contributed by atoms with Gasteiger partial charge in [0.15, 0.2) is 0 Å². The monoisotopic (exact) mass is 391 g/mol. The van der Waals surface area contributed by atoms with Gasteiger partial charge in [0.05, 0.1) is 11.1 Å². The summed E-state index contributed by atoms with van der Waals surface area (Å²) in [5.41, 5.74) is 4.09. The first kappa shape index (κ1) is 19.2. The molecule has 6 nitrogen and oxygen atoms in total. The fraction of sp³-hybridized carbons (Fsp3) is 0.348. The minimum atomic E-state index is -0.391. The zero-order valence-electron chi connectivity index (χ0n) is 16.7. The molecule has 0 bridgehead atoms. The van der Waals surface area contributed by atoms with Gasteiger partial charge in [-0.15, -0.1) is 0 Å². The lowest BCUT2D eigenvalue weighted by Gasteiger charge is -2.29. The summed E-state index contributed by atoms with van der Waals surface area (Å²) in [6, 6.07) is 10.3. The molecule has 1 saturated carbocycles. The van der Waals surface area contributed by atoms with Crippen LogP contribution in [0.4, 0.5) is 16.2 Å². The number of anilines is 2. The van der Waals surface area contributed by atoms with Crippen LogP contribution in [0.5, 0.6) is 0 Å². The Bertz CT molecular complexity index is 993. The molecule has 1 fully saturated rings. The molecule has 1 aliphatic carbocycles. The lowest BCUT2D eigenvalue weighted by molar-refractivity contribution is 0.0549. The molecule has 0 aromatic heterocycles. The van der Waals surface area contributed by atoms with E-state index in [0.717, 1.165) is 48.9 Å². The van der Waals surface area contributed by atoms with Gasteiger partial charge in [-0.1, -0.05) is 37.0 Å². The summed E-state index contributed by atoms with van der Waals surface area (Å²) in [6.45, 7) is 3.93. The van der Waals surface area contributed by atoms with Crippen molar-refractivity contribution in [1.29, 1.82) is 0 Å². The summed E-state index contributed by atoms with van der Waals surface area (Å²) in [6.07, 6.45) is 4.99. The minimum Gasteiger partial charge on any atom is -0.308 e. The third-order valence-electron chi connectivity index (χ3n) is 5.75. The Kier molecular flexibility index (Phi) is 5.09. The number of benzene rings is 2. The number of rotatable bonds is 3. The van der Waals surface area contributed by atoms with Crippen molar-refractivity contribution in [2.75, 3.05) is 10.6 Å². The Labute approximate surface area is 170 Å². The average molecular weight is 391 g/mol. The molecule has 29 heavy (non-hydrogen) atoms. The summed E-state index contributed by atoms with van der Waals surface area (Å²) < 4.78 is 0. The van der Waals surface area contributed by atoms with Crippen LogP contribution in [0.2, 0.25) is 0 Å². The highest BCUT2D eigenvalue weighted by atomic mass is 16.2. The Balaban J connectivity index is 1.49. The van der Waals surface area contributed by atoms with Crippen LogP contribution >= 0.6 is 0 Å². The highest BCUT2D eigenvalue weighted by Gasteiger charge is 2.40. The van der Waals surface area contributed by atoms with Gasteiger partial charge in [0, 0.05) is 17.4 Å². The van der Waals surface area contributed by atoms with Crippen LogP contribution in [-0.2, 0) is 0 Å². The van der Waals surface area contributed by atoms with Crippen LogP contribution in [0.3, 0.4) is 0 Å². The van der Waals surface area contributed by atoms with Crippen molar-refractivity contribution in [3.05, 3.63) is 58.7 Å². The quantitative estimate of drug-likeness (QED) is 0.732. The number of nitrogens with one attached hydrogen (secondary N) is 2. The Morgan fingerprint density at radius 2 is 1.62 bits per heavy atom. The number of hydrogen-bond acceptors (Lipinski definition) is 3. The second-order valence-corrected chi connectivity index (χ2v) is 7.93. The molecular weight excluding hydrogens is 366 g/mol. The molecular formula is C23H25N3O3. The van der Waals surface area contributed by atoms with E-state index < -0.39 is 6.03 Å². The molecule has 150 valence electrons. The van der Waals surface area contributed by atoms with Crippen LogP contribution in [0.25, 0.3) is 0 Å². The Morgan fingerprint density at radius 3 is 2.34 bits per heavy atom. The van der Waals surface area contributed by atoms with Crippen LogP contribution in [0.15, 0.2) is 36.4 Å². The van der Waals surface area contributed by atoms with E-state index in [1.807, 2.05) is 32.0 Å². The zero-order valence-corrected chi connectivity index (χ0v) is 16.7. The van der Waals surface area contributed by atoms with E-state index >= 15 is 0 Å². The lowest BCUT2D eigenvalue weighted by Crippen LogP contribution is -2.40. The smallest absolute Gasteiger partial charge is 0.308 e. The van der Waals surface area contributed by atoms with Crippen LogP contribution in [0.1, 0.15) is 63.9 Å². The first-order chi connectivity index (χ1) is 13.9. The number of carbonyl (C=O) groups excluding carboxylic acids is 3. The SMILES string of the molecule is Cc1ccc(NC(=O)Nc2ccc3c(c2)C(=O)N(C2CCCCC2)C3=O)c(C)c1. The predicted octanol–water partition coefficient (Wildman–Crippen LogP) is 4.88. The highest BCUT2D eigenvalue weighted by Crippen LogP contribution is 2.32. The number of urea groups is 1. The minimum absolute atomic E-state index is 0.0135. The van der Waals surface area contributed by atoms with Crippen molar-refractivity contribution in [3.8, 4) is 0 Å². The number of amides is 4. The molecule has 0 radical (unpaired) electrons. The van der Waals surface area contributed by atoms with Gasteiger partial charge in [-0.3, -0.25) is 14.5 Å². The van der Waals surface area contributed by atoms with Crippen molar-refractivity contribution in [2.45, 2.75) is 52.0 Å². The van der Waals surface area contributed by atoms with Crippen molar-refractivity contribution >= 4 is 29.2 Å². The Hall–Kier alpha value is -3.15. The summed E-state index contributed by atoms with van der Waals surface area (Å²) in [5, 5.41) is 5.58. The van der Waals surface area contributed by atoms with Gasteiger partial charge >= 0.3 is 6.03 Å². The highest BCUT2D eigenvalue weighted by molar-refractivity contribution is 6.22. The molecule has 0 atom stereocenters. The largest absolute Gasteiger partial charge is 0.323 e. The topological polar surface area (TPSA) is 78.5 Å². The molecule has 0 unspecified atom stereocenters. The maximum atomic E-state index is 12.9. The second kappa shape index (κ2) is 7.70. The van der Waals surface area contributed by atoms with E-state index in [0.29, 0.717) is 16.8 Å². The molecule has 0 spiro atoms. The average Bonchev–Trinajstić information content (AvgIpc) is 2.95. The molecule has 2 N–H and O–H groups in total. The standard InChI is InChI=1S/C23H25N3O3/c1-14-8-11-20(15(2)12-14)25-23(29)24-16-9-10-18-19(13-16)22(28)26(21(18)27)17-6-4-3-5-7-17/h8-13,17H,3-7H2,1-2H3,(H2,24,25,29). The summed E-state index contributed by atoms with van der Waals surface area (Å²) in [4.78, 5) is 39.5. The molecule has 2 aromatic carbocycles. The van der Waals surface area contributed by atoms with Gasteiger partial charge in [-0.25, -0.2) is 4.79 Å². The fourth-order valence-electron chi connectivity index (χ4n) is 4.25. The lowest BCUT2D eigenvalue weighted by atomic mass is 9.94. The summed E-state index contributed by atoms with van der Waals surface area (Å²) in [7, 11) is 0. The fourth-order valence-corrected chi connectivity index (χ4v) is 4.25. The van der Waals surface area contributed by atoms with E-state index in [2.05, 4.69) is 10.6 Å².